The van der Waals surface area contributed by atoms with Gasteiger partial charge in [-0.15, -0.1) is 0 Å². The maximum absolute atomic E-state index is 11.5. The second-order valence-electron chi connectivity index (χ2n) is 3.57. The summed E-state index contributed by atoms with van der Waals surface area (Å²) in [6.45, 7) is 2.24. The van der Waals surface area contributed by atoms with Gasteiger partial charge in [0.1, 0.15) is 4.88 Å². The van der Waals surface area contributed by atoms with Gasteiger partial charge in [0.25, 0.3) is 0 Å². The molecule has 0 aliphatic heterocycles. The Labute approximate surface area is 109 Å². The van der Waals surface area contributed by atoms with Gasteiger partial charge in [-0.25, -0.2) is 9.78 Å². The molecule has 0 aliphatic carbocycles. The van der Waals surface area contributed by atoms with E-state index >= 15 is 0 Å². The van der Waals surface area contributed by atoms with Gasteiger partial charge in [-0.1, -0.05) is 11.3 Å². The SMILES string of the molecule is COCCCC(=O)Nc1nc(C)c(C(=O)OC)s1. The second kappa shape index (κ2) is 7.07. The van der Waals surface area contributed by atoms with Gasteiger partial charge in [0, 0.05) is 20.1 Å². The highest BCUT2D eigenvalue weighted by atomic mass is 32.1. The Morgan fingerprint density at radius 2 is 2.11 bits per heavy atom. The van der Waals surface area contributed by atoms with Gasteiger partial charge in [-0.2, -0.15) is 0 Å². The quantitative estimate of drug-likeness (QED) is 0.628. The lowest BCUT2D eigenvalue weighted by Gasteiger charge is -2.00. The molecule has 6 nitrogen and oxygen atoms in total. The summed E-state index contributed by atoms with van der Waals surface area (Å²) in [7, 11) is 2.90. The molecule has 1 rings (SSSR count). The Bertz CT molecular complexity index is 431. The minimum Gasteiger partial charge on any atom is -0.465 e. The minimum atomic E-state index is -0.440. The molecule has 0 bridgehead atoms. The number of aromatic nitrogens is 1. The maximum Gasteiger partial charge on any atom is 0.350 e. The van der Waals surface area contributed by atoms with Crippen LogP contribution < -0.4 is 5.32 Å². The van der Waals surface area contributed by atoms with Crippen molar-refractivity contribution in [3.63, 3.8) is 0 Å². The van der Waals surface area contributed by atoms with Crippen LogP contribution >= 0.6 is 11.3 Å². The normalized spacial score (nSPS) is 10.2. The molecule has 7 heteroatoms. The number of amides is 1. The molecule has 1 N–H and O–H groups in total. The van der Waals surface area contributed by atoms with Gasteiger partial charge < -0.3 is 14.8 Å². The van der Waals surface area contributed by atoms with Crippen LogP contribution in [0, 0.1) is 6.92 Å². The zero-order chi connectivity index (χ0) is 13.5. The molecule has 1 amide bonds. The molecule has 0 radical (unpaired) electrons. The summed E-state index contributed by atoms with van der Waals surface area (Å²) in [5.74, 6) is -0.581. The third kappa shape index (κ3) is 4.08. The van der Waals surface area contributed by atoms with E-state index in [1.165, 1.54) is 7.11 Å². The number of hydrogen-bond acceptors (Lipinski definition) is 6. The number of carbonyl (C=O) groups excluding carboxylic acids is 2. The zero-order valence-electron chi connectivity index (χ0n) is 10.6. The van der Waals surface area contributed by atoms with E-state index in [1.807, 2.05) is 0 Å². The number of nitrogens with one attached hydrogen (secondary N) is 1. The van der Waals surface area contributed by atoms with Crippen molar-refractivity contribution in [3.05, 3.63) is 10.6 Å². The molecule has 0 atom stereocenters. The average Bonchev–Trinajstić information content (AvgIpc) is 2.69. The summed E-state index contributed by atoms with van der Waals surface area (Å²) in [4.78, 5) is 27.4. The topological polar surface area (TPSA) is 77.5 Å². The van der Waals surface area contributed by atoms with E-state index in [4.69, 9.17) is 4.74 Å². The van der Waals surface area contributed by atoms with E-state index in [1.54, 1.807) is 14.0 Å². The summed E-state index contributed by atoms with van der Waals surface area (Å²) in [5.41, 5.74) is 0.555. The third-order valence-corrected chi connectivity index (χ3v) is 3.22. The first kappa shape index (κ1) is 14.6. The molecule has 0 spiro atoms. The molecule has 1 aromatic rings. The highest BCUT2D eigenvalue weighted by Gasteiger charge is 2.16. The lowest BCUT2D eigenvalue weighted by atomic mass is 10.3. The van der Waals surface area contributed by atoms with Crippen molar-refractivity contribution in [2.45, 2.75) is 19.8 Å². The van der Waals surface area contributed by atoms with Crippen LogP contribution in [0.25, 0.3) is 0 Å². The van der Waals surface area contributed by atoms with E-state index in [0.717, 1.165) is 11.3 Å². The number of carbonyl (C=O) groups is 2. The van der Waals surface area contributed by atoms with Crippen molar-refractivity contribution in [1.29, 1.82) is 0 Å². The minimum absolute atomic E-state index is 0.141. The number of hydrogen-bond donors (Lipinski definition) is 1. The number of nitrogens with zero attached hydrogens (tertiary/aromatic N) is 1. The number of rotatable bonds is 6. The van der Waals surface area contributed by atoms with Crippen molar-refractivity contribution < 1.29 is 19.1 Å². The van der Waals surface area contributed by atoms with E-state index in [9.17, 15) is 9.59 Å². The van der Waals surface area contributed by atoms with Crippen molar-refractivity contribution >= 4 is 28.3 Å². The van der Waals surface area contributed by atoms with Crippen LogP contribution in [0.4, 0.5) is 5.13 Å². The number of anilines is 1. The standard InChI is InChI=1S/C11H16N2O4S/c1-7-9(10(15)17-3)18-11(12-7)13-8(14)5-4-6-16-2/h4-6H2,1-3H3,(H,12,13,14). The molecule has 100 valence electrons. The van der Waals surface area contributed by atoms with E-state index in [2.05, 4.69) is 15.0 Å². The number of thiazole rings is 1. The van der Waals surface area contributed by atoms with Crippen LogP contribution in [-0.2, 0) is 14.3 Å². The van der Waals surface area contributed by atoms with Crippen LogP contribution in [-0.4, -0.2) is 37.7 Å². The molecule has 0 unspecified atom stereocenters. The van der Waals surface area contributed by atoms with Crippen molar-refractivity contribution in [1.82, 2.24) is 4.98 Å². The first-order valence-corrected chi connectivity index (χ1v) is 6.24. The number of methoxy groups -OCH3 is 2. The second-order valence-corrected chi connectivity index (χ2v) is 4.57. The molecule has 1 aromatic heterocycles. The molecule has 1 heterocycles. The van der Waals surface area contributed by atoms with Gasteiger partial charge >= 0.3 is 5.97 Å². The summed E-state index contributed by atoms with van der Waals surface area (Å²) >= 11 is 1.11. The first-order chi connectivity index (χ1) is 8.58. The van der Waals surface area contributed by atoms with E-state index < -0.39 is 5.97 Å². The predicted molar refractivity (Wildman–Crippen MR) is 67.9 cm³/mol. The van der Waals surface area contributed by atoms with Crippen LogP contribution in [0.15, 0.2) is 0 Å². The average molecular weight is 272 g/mol. The summed E-state index contributed by atoms with van der Waals surface area (Å²) in [6.07, 6.45) is 1.01. The molecule has 0 saturated carbocycles. The van der Waals surface area contributed by atoms with Gasteiger partial charge in [-0.05, 0) is 13.3 Å². The summed E-state index contributed by atoms with van der Waals surface area (Å²) in [6, 6.07) is 0. The third-order valence-electron chi connectivity index (χ3n) is 2.17. The van der Waals surface area contributed by atoms with E-state index in [-0.39, 0.29) is 5.91 Å². The zero-order valence-corrected chi connectivity index (χ0v) is 11.4. The van der Waals surface area contributed by atoms with Crippen LogP contribution in [0.2, 0.25) is 0 Å². The molecule has 0 fully saturated rings. The van der Waals surface area contributed by atoms with Crippen LogP contribution in [0.3, 0.4) is 0 Å². The fourth-order valence-electron chi connectivity index (χ4n) is 1.29. The van der Waals surface area contributed by atoms with Crippen LogP contribution in [0.5, 0.6) is 0 Å². The number of ether oxygens (including phenoxy) is 2. The number of esters is 1. The molecule has 0 aromatic carbocycles. The lowest BCUT2D eigenvalue weighted by Crippen LogP contribution is -2.11. The monoisotopic (exact) mass is 272 g/mol. The first-order valence-electron chi connectivity index (χ1n) is 5.43. The van der Waals surface area contributed by atoms with E-state index in [0.29, 0.717) is 35.2 Å². The van der Waals surface area contributed by atoms with Gasteiger partial charge in [-0.3, -0.25) is 4.79 Å². The number of aryl methyl sites for hydroxylation is 1. The fraction of sp³-hybridized carbons (Fsp3) is 0.545. The lowest BCUT2D eigenvalue weighted by molar-refractivity contribution is -0.116. The van der Waals surface area contributed by atoms with Crippen molar-refractivity contribution in [3.8, 4) is 0 Å². The Morgan fingerprint density at radius 1 is 1.39 bits per heavy atom. The van der Waals surface area contributed by atoms with Gasteiger partial charge in [0.15, 0.2) is 5.13 Å². The highest BCUT2D eigenvalue weighted by molar-refractivity contribution is 7.17. The highest BCUT2D eigenvalue weighted by Crippen LogP contribution is 2.23. The Hall–Kier alpha value is -1.47. The maximum atomic E-state index is 11.5. The summed E-state index contributed by atoms with van der Waals surface area (Å²) < 4.78 is 9.47. The molecular formula is C11H16N2O4S. The fourth-order valence-corrected chi connectivity index (χ4v) is 2.19. The van der Waals surface area contributed by atoms with Crippen molar-refractivity contribution in [2.24, 2.45) is 0 Å². The summed E-state index contributed by atoms with van der Waals surface area (Å²) in [5, 5.41) is 3.06. The molecule has 0 saturated heterocycles. The predicted octanol–water partition coefficient (Wildman–Crippen LogP) is 1.60. The Morgan fingerprint density at radius 3 is 2.72 bits per heavy atom. The van der Waals surface area contributed by atoms with Gasteiger partial charge in [0.2, 0.25) is 5.91 Å². The van der Waals surface area contributed by atoms with Crippen LogP contribution in [0.1, 0.15) is 28.2 Å². The van der Waals surface area contributed by atoms with Crippen molar-refractivity contribution in [2.75, 3.05) is 26.1 Å². The molecular weight excluding hydrogens is 256 g/mol. The Balaban J connectivity index is 2.57. The Kier molecular flexibility index (Phi) is 5.73. The molecule has 18 heavy (non-hydrogen) atoms. The smallest absolute Gasteiger partial charge is 0.350 e. The largest absolute Gasteiger partial charge is 0.465 e. The van der Waals surface area contributed by atoms with Gasteiger partial charge in [0.05, 0.1) is 12.8 Å². The molecule has 0 aliphatic rings.